The molecule has 0 aliphatic heterocycles. The first-order chi connectivity index (χ1) is 1.41. The lowest BCUT2D eigenvalue weighted by molar-refractivity contribution is -0.179. The Kier molecular flexibility index (Phi) is 139. The molecule has 36 valence electrons. The molecule has 0 unspecified atom stereocenters. The molecule has 0 aromatic rings. The second-order valence-electron chi connectivity index (χ2n) is 0.707. The highest BCUT2D eigenvalue weighted by Gasteiger charge is 1.36. The zero-order valence-corrected chi connectivity index (χ0v) is 2.71. The van der Waals surface area contributed by atoms with Gasteiger partial charge < -0.3 is 5.64 Å². The van der Waals surface area contributed by atoms with Crippen LogP contribution >= 0.6 is 0 Å². The quantitative estimate of drug-likeness (QED) is 0.382. The Balaban J connectivity index is -0.0000000200. The predicted octanol–water partition coefficient (Wildman–Crippen LogP) is -0.368. The summed E-state index contributed by atoms with van der Waals surface area (Å²) in [6.07, 6.45) is 0. The van der Waals surface area contributed by atoms with Crippen LogP contribution in [0.5, 0.6) is 0 Å². The Hall–Kier alpha value is 0.0249. The van der Waals surface area contributed by atoms with Gasteiger partial charge in [0, 0.05) is 0 Å². The maximum absolute atomic E-state index is 3.61. The third-order valence-electron chi connectivity index (χ3n) is 0. The maximum atomic E-state index is 3.61. The SMILES string of the molecule is C.C.C[BH2-][NH3+]. The molecular weight excluding hydrogens is 60.9 g/mol. The van der Waals surface area contributed by atoms with Crippen molar-refractivity contribution >= 4 is 7.41 Å². The molecule has 0 radical (unpaired) electrons. The number of quaternary nitrogens is 1. The van der Waals surface area contributed by atoms with E-state index in [1.165, 1.54) is 0 Å². The molecular formula is C3H16BN. The van der Waals surface area contributed by atoms with Gasteiger partial charge in [-0.05, 0) is 0 Å². The normalized spacial score (nSPS) is 3.60. The fraction of sp³-hybridized carbons (Fsp3) is 1.00. The Labute approximate surface area is 35.8 Å². The monoisotopic (exact) mass is 77.1 g/mol. The van der Waals surface area contributed by atoms with Crippen LogP contribution in [0.1, 0.15) is 14.9 Å². The van der Waals surface area contributed by atoms with Gasteiger partial charge >= 0.3 is 0 Å². The molecule has 0 amide bonds. The van der Waals surface area contributed by atoms with Gasteiger partial charge in [0.1, 0.15) is 0 Å². The lowest BCUT2D eigenvalue weighted by Gasteiger charge is -1.54. The summed E-state index contributed by atoms with van der Waals surface area (Å²) < 4.78 is 0. The lowest BCUT2D eigenvalue weighted by Crippen LogP contribution is -2.52. The third kappa shape index (κ3) is 26500. The molecule has 0 atom stereocenters. The minimum atomic E-state index is 0. The molecule has 0 aliphatic carbocycles. The van der Waals surface area contributed by atoms with E-state index < -0.39 is 0 Å². The van der Waals surface area contributed by atoms with Gasteiger partial charge in [0.15, 0.2) is 7.41 Å². The van der Waals surface area contributed by atoms with Crippen LogP contribution in [0.2, 0.25) is 6.82 Å². The fourth-order valence-corrected chi connectivity index (χ4v) is 0. The van der Waals surface area contributed by atoms with E-state index in [1.54, 1.807) is 0 Å². The highest BCUT2D eigenvalue weighted by Crippen LogP contribution is 1.09. The van der Waals surface area contributed by atoms with Crippen LogP contribution in [0.25, 0.3) is 0 Å². The van der Waals surface area contributed by atoms with Gasteiger partial charge in [0.05, 0.1) is 0 Å². The van der Waals surface area contributed by atoms with Gasteiger partial charge in [0.2, 0.25) is 0 Å². The zero-order chi connectivity index (χ0) is 2.71. The van der Waals surface area contributed by atoms with Crippen LogP contribution in [-0.2, 0) is 0 Å². The molecule has 0 saturated carbocycles. The smallest absolute Gasteiger partial charge is 0.175 e. The standard InChI is InChI=1S/CH8BN.2CH4/c1-2-3;;/h2H2,1,3H3;2*1H4. The van der Waals surface area contributed by atoms with E-state index in [-0.39, 0.29) is 22.3 Å². The third-order valence-corrected chi connectivity index (χ3v) is 0. The molecule has 0 aliphatic rings. The van der Waals surface area contributed by atoms with Crippen LogP contribution in [0.3, 0.4) is 0 Å². The van der Waals surface area contributed by atoms with Crippen molar-refractivity contribution in [2.75, 3.05) is 0 Å². The fourth-order valence-electron chi connectivity index (χ4n) is 0. The molecule has 0 bridgehead atoms. The summed E-state index contributed by atoms with van der Waals surface area (Å²) in [6, 6.07) is 0. The zero-order valence-electron chi connectivity index (χ0n) is 2.71. The molecule has 0 aromatic heterocycles. The first-order valence-electron chi connectivity index (χ1n) is 1.71. The largest absolute Gasteiger partial charge is 0.552 e. The van der Waals surface area contributed by atoms with E-state index in [1.807, 2.05) is 0 Å². The summed E-state index contributed by atoms with van der Waals surface area (Å²) >= 11 is 0. The molecule has 2 heteroatoms. The molecule has 0 rings (SSSR count). The summed E-state index contributed by atoms with van der Waals surface area (Å²) in [7, 11) is 0.250. The van der Waals surface area contributed by atoms with Crippen molar-refractivity contribution in [2.24, 2.45) is 0 Å². The van der Waals surface area contributed by atoms with Crippen molar-refractivity contribution in [3.05, 3.63) is 0 Å². The van der Waals surface area contributed by atoms with Gasteiger partial charge in [-0.2, -0.15) is 0 Å². The molecule has 1 nitrogen and oxygen atoms in total. The van der Waals surface area contributed by atoms with Crippen LogP contribution in [0, 0.1) is 0 Å². The average Bonchev–Trinajstić information content (AvgIpc) is 0.918. The van der Waals surface area contributed by atoms with Crippen molar-refractivity contribution in [3.63, 3.8) is 0 Å². The summed E-state index contributed by atoms with van der Waals surface area (Å²) in [6.45, 7) is 2.14. The summed E-state index contributed by atoms with van der Waals surface area (Å²) in [5.74, 6) is 0. The van der Waals surface area contributed by atoms with E-state index in [9.17, 15) is 0 Å². The molecule has 3 N–H and O–H groups in total. The van der Waals surface area contributed by atoms with Crippen molar-refractivity contribution in [2.45, 2.75) is 21.7 Å². The maximum Gasteiger partial charge on any atom is 0.175 e. The second kappa shape index (κ2) is 35.1. The Bertz CT molecular complexity index is 6.85. The van der Waals surface area contributed by atoms with Crippen LogP contribution < -0.4 is 5.64 Å². The van der Waals surface area contributed by atoms with Gasteiger partial charge in [-0.3, -0.25) is 0 Å². The van der Waals surface area contributed by atoms with E-state index in [4.69, 9.17) is 0 Å². The van der Waals surface area contributed by atoms with Crippen molar-refractivity contribution < 1.29 is 5.64 Å². The number of hydrogen-bond donors (Lipinski definition) is 1. The summed E-state index contributed by atoms with van der Waals surface area (Å²) in [4.78, 5) is 0. The highest BCUT2D eigenvalue weighted by atomic mass is 14.3. The van der Waals surface area contributed by atoms with E-state index in [0.29, 0.717) is 0 Å². The minimum Gasteiger partial charge on any atom is -0.552 e. The van der Waals surface area contributed by atoms with Gasteiger partial charge in [0.25, 0.3) is 0 Å². The second-order valence-corrected chi connectivity index (χ2v) is 0.707. The first kappa shape index (κ1) is 19.9. The van der Waals surface area contributed by atoms with Gasteiger partial charge in [-0.15, -0.1) is 6.82 Å². The van der Waals surface area contributed by atoms with Crippen molar-refractivity contribution in [1.82, 2.24) is 0 Å². The Morgan fingerprint density at radius 1 is 1.40 bits per heavy atom. The van der Waals surface area contributed by atoms with E-state index >= 15 is 0 Å². The van der Waals surface area contributed by atoms with E-state index in [2.05, 4.69) is 12.5 Å². The minimum absolute atomic E-state index is 0. The van der Waals surface area contributed by atoms with Crippen LogP contribution in [-0.4, -0.2) is 7.41 Å². The molecule has 0 aromatic carbocycles. The van der Waals surface area contributed by atoms with Crippen molar-refractivity contribution in [3.8, 4) is 0 Å². The topological polar surface area (TPSA) is 27.6 Å². The Morgan fingerprint density at radius 2 is 1.40 bits per heavy atom. The number of rotatable bonds is 0. The van der Waals surface area contributed by atoms with Gasteiger partial charge in [-0.1, -0.05) is 14.9 Å². The van der Waals surface area contributed by atoms with Crippen molar-refractivity contribution in [1.29, 1.82) is 0 Å². The predicted molar refractivity (Wildman–Crippen MR) is 30.8 cm³/mol. The highest BCUT2D eigenvalue weighted by molar-refractivity contribution is 6.20. The lowest BCUT2D eigenvalue weighted by atomic mass is 10.0. The average molecular weight is 77.0 g/mol. The molecule has 5 heavy (non-hydrogen) atoms. The molecule has 0 saturated heterocycles. The molecule has 0 spiro atoms. The first-order valence-corrected chi connectivity index (χ1v) is 1.71. The molecule has 0 heterocycles. The summed E-state index contributed by atoms with van der Waals surface area (Å²) in [5, 5.41) is 0. The molecule has 0 fully saturated rings. The Morgan fingerprint density at radius 3 is 1.40 bits per heavy atom. The summed E-state index contributed by atoms with van der Waals surface area (Å²) in [5.41, 5.74) is 3.61. The van der Waals surface area contributed by atoms with Gasteiger partial charge in [-0.25, -0.2) is 0 Å². The van der Waals surface area contributed by atoms with Crippen LogP contribution in [0.4, 0.5) is 0 Å². The van der Waals surface area contributed by atoms with E-state index in [0.717, 1.165) is 0 Å². The number of hydrogen-bond acceptors (Lipinski definition) is 0. The van der Waals surface area contributed by atoms with Crippen LogP contribution in [0.15, 0.2) is 0 Å².